The summed E-state index contributed by atoms with van der Waals surface area (Å²) in [6.07, 6.45) is 3.77. The molecule has 0 aliphatic carbocycles. The van der Waals surface area contributed by atoms with E-state index in [2.05, 4.69) is 15.6 Å². The summed E-state index contributed by atoms with van der Waals surface area (Å²) in [5, 5.41) is 6.18. The molecule has 1 unspecified atom stereocenters. The zero-order valence-corrected chi connectivity index (χ0v) is 9.49. The van der Waals surface area contributed by atoms with E-state index in [4.69, 9.17) is 0 Å². The lowest BCUT2D eigenvalue weighted by Crippen LogP contribution is -2.37. The summed E-state index contributed by atoms with van der Waals surface area (Å²) < 4.78 is 0. The van der Waals surface area contributed by atoms with Gasteiger partial charge in [-0.25, -0.2) is 0 Å². The highest BCUT2D eigenvalue weighted by atomic mass is 16.1. The topological polar surface area (TPSA) is 54.0 Å². The van der Waals surface area contributed by atoms with Crippen molar-refractivity contribution in [1.82, 2.24) is 10.3 Å². The highest BCUT2D eigenvalue weighted by molar-refractivity contribution is 5.93. The molecule has 4 heteroatoms. The van der Waals surface area contributed by atoms with E-state index in [1.54, 1.807) is 6.20 Å². The molecule has 0 saturated carbocycles. The molecule has 0 aromatic carbocycles. The Kier molecular flexibility index (Phi) is 3.51. The number of anilines is 1. The Hall–Kier alpha value is -1.42. The van der Waals surface area contributed by atoms with Crippen molar-refractivity contribution in [2.75, 3.05) is 18.4 Å². The third-order valence-corrected chi connectivity index (χ3v) is 2.93. The highest BCUT2D eigenvalue weighted by Crippen LogP contribution is 2.15. The summed E-state index contributed by atoms with van der Waals surface area (Å²) in [6, 6.07) is 3.72. The van der Waals surface area contributed by atoms with Crippen LogP contribution in [0.25, 0.3) is 0 Å². The number of hydrogen-bond acceptors (Lipinski definition) is 3. The maximum atomic E-state index is 11.9. The van der Waals surface area contributed by atoms with E-state index in [0.29, 0.717) is 0 Å². The Morgan fingerprint density at radius 1 is 1.62 bits per heavy atom. The van der Waals surface area contributed by atoms with E-state index in [1.807, 2.05) is 19.1 Å². The molecule has 0 bridgehead atoms. The van der Waals surface area contributed by atoms with E-state index in [9.17, 15) is 4.79 Å². The molecule has 2 N–H and O–H groups in total. The zero-order valence-electron chi connectivity index (χ0n) is 9.49. The molecule has 1 amide bonds. The predicted molar refractivity (Wildman–Crippen MR) is 63.2 cm³/mol. The molecular weight excluding hydrogens is 202 g/mol. The Morgan fingerprint density at radius 3 is 3.19 bits per heavy atom. The lowest BCUT2D eigenvalue weighted by atomic mass is 9.99. The summed E-state index contributed by atoms with van der Waals surface area (Å²) in [7, 11) is 0. The number of piperidine rings is 1. The van der Waals surface area contributed by atoms with Crippen LogP contribution in [0, 0.1) is 12.8 Å². The van der Waals surface area contributed by atoms with Gasteiger partial charge in [-0.1, -0.05) is 0 Å². The van der Waals surface area contributed by atoms with Gasteiger partial charge in [0, 0.05) is 12.7 Å². The molecule has 0 radical (unpaired) electrons. The van der Waals surface area contributed by atoms with Crippen molar-refractivity contribution in [3.05, 3.63) is 24.0 Å². The van der Waals surface area contributed by atoms with Gasteiger partial charge in [0.15, 0.2) is 0 Å². The van der Waals surface area contributed by atoms with Gasteiger partial charge in [0.2, 0.25) is 5.91 Å². The number of amides is 1. The summed E-state index contributed by atoms with van der Waals surface area (Å²) in [5.74, 6) is 0.191. The van der Waals surface area contributed by atoms with Crippen LogP contribution in [0.5, 0.6) is 0 Å². The smallest absolute Gasteiger partial charge is 0.228 e. The minimum Gasteiger partial charge on any atom is -0.324 e. The molecule has 16 heavy (non-hydrogen) atoms. The molecule has 1 aliphatic heterocycles. The van der Waals surface area contributed by atoms with E-state index in [1.165, 1.54) is 0 Å². The first-order chi connectivity index (χ1) is 7.77. The van der Waals surface area contributed by atoms with Gasteiger partial charge in [0.05, 0.1) is 17.3 Å². The first-order valence-electron chi connectivity index (χ1n) is 5.70. The van der Waals surface area contributed by atoms with Crippen molar-refractivity contribution in [2.24, 2.45) is 5.92 Å². The molecule has 1 atom stereocenters. The standard InChI is InChI=1S/C12H17N3O/c1-9-11(5-3-7-14-9)15-12(16)10-4-2-6-13-8-10/h3,5,7,10,13H,2,4,6,8H2,1H3,(H,15,16). The SMILES string of the molecule is Cc1ncccc1NC(=O)C1CCCNC1. The van der Waals surface area contributed by atoms with Crippen LogP contribution in [-0.2, 0) is 4.79 Å². The molecule has 86 valence electrons. The minimum absolute atomic E-state index is 0.0911. The maximum Gasteiger partial charge on any atom is 0.228 e. The third kappa shape index (κ3) is 2.58. The number of pyridine rings is 1. The van der Waals surface area contributed by atoms with Gasteiger partial charge in [-0.3, -0.25) is 9.78 Å². The van der Waals surface area contributed by atoms with Crippen LogP contribution in [-0.4, -0.2) is 24.0 Å². The van der Waals surface area contributed by atoms with Gasteiger partial charge in [0.1, 0.15) is 0 Å². The second-order valence-corrected chi connectivity index (χ2v) is 4.17. The minimum atomic E-state index is 0.0911. The van der Waals surface area contributed by atoms with Gasteiger partial charge in [-0.2, -0.15) is 0 Å². The Labute approximate surface area is 95.5 Å². The normalized spacial score (nSPS) is 20.4. The van der Waals surface area contributed by atoms with Gasteiger partial charge in [-0.15, -0.1) is 0 Å². The Bertz CT molecular complexity index is 372. The number of aromatic nitrogens is 1. The number of nitrogens with zero attached hydrogens (tertiary/aromatic N) is 1. The molecule has 1 aromatic heterocycles. The van der Waals surface area contributed by atoms with Gasteiger partial charge >= 0.3 is 0 Å². The van der Waals surface area contributed by atoms with Crippen molar-refractivity contribution < 1.29 is 4.79 Å². The summed E-state index contributed by atoms with van der Waals surface area (Å²) >= 11 is 0. The van der Waals surface area contributed by atoms with Crippen molar-refractivity contribution >= 4 is 11.6 Å². The van der Waals surface area contributed by atoms with Gasteiger partial charge in [-0.05, 0) is 38.4 Å². The molecular formula is C12H17N3O. The van der Waals surface area contributed by atoms with Gasteiger partial charge < -0.3 is 10.6 Å². The second kappa shape index (κ2) is 5.07. The number of carbonyl (C=O) groups is 1. The fourth-order valence-electron chi connectivity index (χ4n) is 1.93. The van der Waals surface area contributed by atoms with Crippen molar-refractivity contribution in [1.29, 1.82) is 0 Å². The van der Waals surface area contributed by atoms with Crippen LogP contribution in [0.2, 0.25) is 0 Å². The molecule has 2 rings (SSSR count). The summed E-state index contributed by atoms with van der Waals surface area (Å²) in [6.45, 7) is 3.70. The average Bonchev–Trinajstić information content (AvgIpc) is 2.33. The fourth-order valence-corrected chi connectivity index (χ4v) is 1.93. The summed E-state index contributed by atoms with van der Waals surface area (Å²) in [4.78, 5) is 16.1. The van der Waals surface area contributed by atoms with Crippen LogP contribution in [0.15, 0.2) is 18.3 Å². The number of aryl methyl sites for hydroxylation is 1. The Balaban J connectivity index is 1.99. The number of rotatable bonds is 2. The van der Waals surface area contributed by atoms with Crippen LogP contribution in [0.3, 0.4) is 0 Å². The first kappa shape index (κ1) is 11.1. The number of hydrogen-bond donors (Lipinski definition) is 2. The molecule has 1 aliphatic rings. The quantitative estimate of drug-likeness (QED) is 0.789. The maximum absolute atomic E-state index is 11.9. The van der Waals surface area contributed by atoms with Crippen molar-refractivity contribution in [3.8, 4) is 0 Å². The second-order valence-electron chi connectivity index (χ2n) is 4.17. The molecule has 2 heterocycles. The fraction of sp³-hybridized carbons (Fsp3) is 0.500. The van der Waals surface area contributed by atoms with Crippen molar-refractivity contribution in [3.63, 3.8) is 0 Å². The van der Waals surface area contributed by atoms with Crippen LogP contribution in [0.1, 0.15) is 18.5 Å². The molecule has 1 saturated heterocycles. The average molecular weight is 219 g/mol. The van der Waals surface area contributed by atoms with E-state index >= 15 is 0 Å². The zero-order chi connectivity index (χ0) is 11.4. The largest absolute Gasteiger partial charge is 0.324 e. The van der Waals surface area contributed by atoms with Gasteiger partial charge in [0.25, 0.3) is 0 Å². The van der Waals surface area contributed by atoms with E-state index in [-0.39, 0.29) is 11.8 Å². The van der Waals surface area contributed by atoms with Crippen LogP contribution in [0.4, 0.5) is 5.69 Å². The van der Waals surface area contributed by atoms with E-state index < -0.39 is 0 Å². The van der Waals surface area contributed by atoms with Crippen LogP contribution < -0.4 is 10.6 Å². The third-order valence-electron chi connectivity index (χ3n) is 2.93. The van der Waals surface area contributed by atoms with E-state index in [0.717, 1.165) is 37.3 Å². The molecule has 4 nitrogen and oxygen atoms in total. The molecule has 1 aromatic rings. The highest BCUT2D eigenvalue weighted by Gasteiger charge is 2.21. The first-order valence-corrected chi connectivity index (χ1v) is 5.70. The monoisotopic (exact) mass is 219 g/mol. The lowest BCUT2D eigenvalue weighted by molar-refractivity contribution is -0.120. The molecule has 1 fully saturated rings. The lowest BCUT2D eigenvalue weighted by Gasteiger charge is -2.22. The molecule has 0 spiro atoms. The van der Waals surface area contributed by atoms with Crippen molar-refractivity contribution in [2.45, 2.75) is 19.8 Å². The number of nitrogens with one attached hydrogen (secondary N) is 2. The number of carbonyl (C=O) groups excluding carboxylic acids is 1. The Morgan fingerprint density at radius 2 is 2.50 bits per heavy atom. The van der Waals surface area contributed by atoms with Crippen LogP contribution >= 0.6 is 0 Å². The summed E-state index contributed by atoms with van der Waals surface area (Å²) in [5.41, 5.74) is 1.68. The predicted octanol–water partition coefficient (Wildman–Crippen LogP) is 1.33.